The molecule has 0 aromatic heterocycles. The molecule has 0 aliphatic heterocycles. The van der Waals surface area contributed by atoms with Gasteiger partial charge in [0.15, 0.2) is 6.04 Å². The fourth-order valence-electron chi connectivity index (χ4n) is 3.02. The third-order valence-corrected chi connectivity index (χ3v) is 5.07. The first kappa shape index (κ1) is 31.9. The minimum atomic E-state index is -1.34. The maximum absolute atomic E-state index is 10.6. The fourth-order valence-corrected chi connectivity index (χ4v) is 3.02. The molecule has 0 aliphatic rings. The van der Waals surface area contributed by atoms with Crippen molar-refractivity contribution in [1.82, 2.24) is 5.23 Å². The fraction of sp³-hybridized carbons (Fsp3) is 0.222. The Morgan fingerprint density at radius 1 is 0.553 bits per heavy atom. The van der Waals surface area contributed by atoms with Crippen molar-refractivity contribution in [3.05, 3.63) is 108 Å². The number of hydrogen-bond donors (Lipinski definition) is 7. The average Bonchev–Trinajstić information content (AvgIpc) is 2.89. The first-order valence-corrected chi connectivity index (χ1v) is 11.5. The summed E-state index contributed by atoms with van der Waals surface area (Å²) in [6, 6.07) is 24.5. The monoisotopic (exact) mass is 527 g/mol. The van der Waals surface area contributed by atoms with Crippen LogP contribution >= 0.6 is 0 Å². The van der Waals surface area contributed by atoms with Crippen LogP contribution in [-0.4, -0.2) is 67.0 Å². The average molecular weight is 528 g/mol. The summed E-state index contributed by atoms with van der Waals surface area (Å²) in [5.41, 5.74) is 13.3. The molecule has 3 atom stereocenters. The van der Waals surface area contributed by atoms with Crippen molar-refractivity contribution in [3.8, 4) is 0 Å². The first-order valence-electron chi connectivity index (χ1n) is 11.5. The summed E-state index contributed by atoms with van der Waals surface area (Å²) in [5, 5.41) is 42.7. The molecular weight excluding hydrogens is 494 g/mol. The van der Waals surface area contributed by atoms with Crippen molar-refractivity contribution in [1.29, 1.82) is 0 Å². The number of nitrogens with two attached hydrogens (primary N) is 2. The highest BCUT2D eigenvalue weighted by molar-refractivity contribution is 5.74. The second kappa shape index (κ2) is 17.3. The minimum Gasteiger partial charge on any atom is -0.480 e. The van der Waals surface area contributed by atoms with Gasteiger partial charge < -0.3 is 26.8 Å². The van der Waals surface area contributed by atoms with Gasteiger partial charge in [0.2, 0.25) is 0 Å². The Labute approximate surface area is 220 Å². The predicted molar refractivity (Wildman–Crippen MR) is 138 cm³/mol. The molecule has 9 N–H and O–H groups in total. The van der Waals surface area contributed by atoms with Gasteiger partial charge in [-0.2, -0.15) is 0 Å². The van der Waals surface area contributed by atoms with E-state index in [0.717, 1.165) is 16.7 Å². The molecule has 0 bridgehead atoms. The van der Waals surface area contributed by atoms with Crippen LogP contribution in [0.5, 0.6) is 0 Å². The lowest BCUT2D eigenvalue weighted by atomic mass is 10.1. The Balaban J connectivity index is 0.000000286. The lowest BCUT2D eigenvalue weighted by Gasteiger charge is -2.15. The summed E-state index contributed by atoms with van der Waals surface area (Å²) < 4.78 is 0. The van der Waals surface area contributed by atoms with Crippen molar-refractivity contribution in [3.63, 3.8) is 0 Å². The van der Waals surface area contributed by atoms with E-state index in [1.165, 1.54) is 0 Å². The van der Waals surface area contributed by atoms with Crippen LogP contribution < -0.4 is 11.5 Å². The molecule has 3 unspecified atom stereocenters. The van der Waals surface area contributed by atoms with E-state index >= 15 is 0 Å². The summed E-state index contributed by atoms with van der Waals surface area (Å²) in [4.78, 5) is 31.3. The van der Waals surface area contributed by atoms with Gasteiger partial charge in [-0.05, 0) is 29.5 Å². The van der Waals surface area contributed by atoms with Gasteiger partial charge in [0.05, 0.1) is 0 Å². The van der Waals surface area contributed by atoms with Crippen LogP contribution in [0.15, 0.2) is 91.0 Å². The van der Waals surface area contributed by atoms with Crippen LogP contribution in [0.2, 0.25) is 0 Å². The Bertz CT molecular complexity index is 1040. The maximum atomic E-state index is 10.6. The molecule has 0 heterocycles. The zero-order valence-electron chi connectivity index (χ0n) is 20.6. The number of carbonyl (C=O) groups is 3. The van der Waals surface area contributed by atoms with Crippen LogP contribution in [0.25, 0.3) is 0 Å². The van der Waals surface area contributed by atoms with E-state index in [9.17, 15) is 14.4 Å². The molecule has 0 saturated carbocycles. The molecule has 0 amide bonds. The van der Waals surface area contributed by atoms with Gasteiger partial charge >= 0.3 is 17.9 Å². The molecule has 0 aliphatic carbocycles. The largest absolute Gasteiger partial charge is 0.480 e. The summed E-state index contributed by atoms with van der Waals surface area (Å²) in [5.74, 6) is -3.20. The normalized spacial score (nSPS) is 12.6. The number of benzene rings is 3. The number of carboxylic acid groups (broad SMARTS) is 3. The van der Waals surface area contributed by atoms with Crippen molar-refractivity contribution >= 4 is 17.9 Å². The zero-order chi connectivity index (χ0) is 28.5. The van der Waals surface area contributed by atoms with Crippen LogP contribution in [-0.2, 0) is 33.6 Å². The quantitative estimate of drug-likeness (QED) is 0.190. The molecular formula is C27H33N3O8. The third-order valence-electron chi connectivity index (χ3n) is 5.07. The number of rotatable bonds is 10. The molecule has 3 aromatic carbocycles. The number of hydrogen-bond acceptors (Lipinski definition) is 8. The van der Waals surface area contributed by atoms with Gasteiger partial charge in [0, 0.05) is 6.42 Å². The number of nitrogens with zero attached hydrogens (tertiary/aromatic N) is 1. The molecule has 3 aromatic rings. The van der Waals surface area contributed by atoms with E-state index in [0.29, 0.717) is 12.8 Å². The van der Waals surface area contributed by atoms with Gasteiger partial charge in [0.25, 0.3) is 0 Å². The highest BCUT2D eigenvalue weighted by atomic mass is 16.8. The molecule has 0 spiro atoms. The zero-order valence-corrected chi connectivity index (χ0v) is 20.6. The number of hydroxylamine groups is 2. The third kappa shape index (κ3) is 13.3. The molecule has 11 heteroatoms. The van der Waals surface area contributed by atoms with Crippen LogP contribution in [0.3, 0.4) is 0 Å². The van der Waals surface area contributed by atoms with Gasteiger partial charge in [-0.15, -0.1) is 0 Å². The summed E-state index contributed by atoms with van der Waals surface area (Å²) in [7, 11) is 0. The van der Waals surface area contributed by atoms with Crippen molar-refractivity contribution in [2.75, 3.05) is 0 Å². The van der Waals surface area contributed by atoms with E-state index in [2.05, 4.69) is 0 Å². The molecule has 11 nitrogen and oxygen atoms in total. The standard InChI is InChI=1S/C9H11NO4.2C9H11NO2/c11-9(12)8(10(13)14)6-7-4-2-1-3-5-7;2*10-8(9(11)12)6-7-4-2-1-3-5-7/h1-5,8,13-14H,6H2,(H,11,12);2*1-5,8H,6,10H2,(H,11,12). The van der Waals surface area contributed by atoms with E-state index in [-0.39, 0.29) is 11.6 Å². The lowest BCUT2D eigenvalue weighted by Crippen LogP contribution is -2.38. The van der Waals surface area contributed by atoms with Gasteiger partial charge in [-0.1, -0.05) is 96.2 Å². The van der Waals surface area contributed by atoms with Crippen molar-refractivity contribution < 1.29 is 40.1 Å². The maximum Gasteiger partial charge on any atom is 0.326 e. The summed E-state index contributed by atoms with van der Waals surface area (Å²) in [6.45, 7) is 0. The summed E-state index contributed by atoms with van der Waals surface area (Å²) >= 11 is 0. The van der Waals surface area contributed by atoms with E-state index in [1.807, 2.05) is 60.7 Å². The van der Waals surface area contributed by atoms with E-state index in [1.54, 1.807) is 30.3 Å². The lowest BCUT2D eigenvalue weighted by molar-refractivity contribution is -0.327. The van der Waals surface area contributed by atoms with Gasteiger partial charge in [0.1, 0.15) is 12.1 Å². The molecule has 0 radical (unpaired) electrons. The van der Waals surface area contributed by atoms with E-state index in [4.69, 9.17) is 37.2 Å². The summed E-state index contributed by atoms with van der Waals surface area (Å²) in [6.07, 6.45) is 0.815. The molecule has 0 fully saturated rings. The first-order chi connectivity index (χ1) is 18.0. The smallest absolute Gasteiger partial charge is 0.326 e. The topological polar surface area (TPSA) is 208 Å². The van der Waals surface area contributed by atoms with Crippen LogP contribution in [0.4, 0.5) is 0 Å². The van der Waals surface area contributed by atoms with Gasteiger partial charge in [-0.3, -0.25) is 24.8 Å². The van der Waals surface area contributed by atoms with Crippen molar-refractivity contribution in [2.24, 2.45) is 11.5 Å². The van der Waals surface area contributed by atoms with E-state index < -0.39 is 36.0 Å². The molecule has 204 valence electrons. The Hall–Kier alpha value is -4.13. The molecule has 0 saturated heterocycles. The van der Waals surface area contributed by atoms with Crippen molar-refractivity contribution in [2.45, 2.75) is 37.4 Å². The Morgan fingerprint density at radius 3 is 1.08 bits per heavy atom. The molecule has 38 heavy (non-hydrogen) atoms. The minimum absolute atomic E-state index is 0.0448. The van der Waals surface area contributed by atoms with Crippen LogP contribution in [0, 0.1) is 0 Å². The Kier molecular flexibility index (Phi) is 14.6. The predicted octanol–water partition coefficient (Wildman–Crippen LogP) is 2.04. The number of aliphatic carboxylic acids is 3. The Morgan fingerprint density at radius 2 is 0.842 bits per heavy atom. The van der Waals surface area contributed by atoms with Gasteiger partial charge in [-0.25, -0.2) is 0 Å². The highest BCUT2D eigenvalue weighted by Crippen LogP contribution is 2.06. The SMILES string of the molecule is NC(Cc1ccccc1)C(=O)O.NC(Cc1ccccc1)C(=O)O.O=C(O)C(Cc1ccccc1)N(O)O. The highest BCUT2D eigenvalue weighted by Gasteiger charge is 2.23. The second-order valence-corrected chi connectivity index (χ2v) is 8.13. The second-order valence-electron chi connectivity index (χ2n) is 8.13. The number of carboxylic acids is 3. The molecule has 3 rings (SSSR count). The van der Waals surface area contributed by atoms with Crippen LogP contribution in [0.1, 0.15) is 16.7 Å².